The van der Waals surface area contributed by atoms with Crippen molar-refractivity contribution in [3.05, 3.63) is 29.5 Å². The van der Waals surface area contributed by atoms with E-state index in [4.69, 9.17) is 10.8 Å². The second-order valence-corrected chi connectivity index (χ2v) is 4.79. The first-order valence-electron chi connectivity index (χ1n) is 5.75. The van der Waals surface area contributed by atoms with Gasteiger partial charge in [0, 0.05) is 19.3 Å². The van der Waals surface area contributed by atoms with Crippen molar-refractivity contribution >= 4 is 28.4 Å². The third-order valence-corrected chi connectivity index (χ3v) is 3.41. The number of nitrogens with two attached hydrogens (primary N) is 1. The van der Waals surface area contributed by atoms with Crippen LogP contribution in [0.5, 0.6) is 0 Å². The molecule has 0 radical (unpaired) electrons. The average Bonchev–Trinajstić information content (AvgIpc) is 2.97. The van der Waals surface area contributed by atoms with E-state index in [2.05, 4.69) is 14.7 Å². The number of hydrogen-bond acceptors (Lipinski definition) is 6. The van der Waals surface area contributed by atoms with Gasteiger partial charge >= 0.3 is 5.97 Å². The normalized spacial score (nSPS) is 10.5. The van der Waals surface area contributed by atoms with Gasteiger partial charge in [0.1, 0.15) is 16.3 Å². The summed E-state index contributed by atoms with van der Waals surface area (Å²) in [5.41, 5.74) is 5.97. The van der Waals surface area contributed by atoms with Crippen LogP contribution in [0.4, 0.5) is 5.00 Å². The van der Waals surface area contributed by atoms with E-state index < -0.39 is 11.9 Å². The van der Waals surface area contributed by atoms with E-state index in [-0.39, 0.29) is 16.3 Å². The maximum Gasteiger partial charge on any atom is 0.340 e. The number of hydrogen-bond donors (Lipinski definition) is 3. The largest absolute Gasteiger partial charge is 0.478 e. The molecule has 0 aliphatic heterocycles. The molecule has 8 nitrogen and oxygen atoms in total. The fourth-order valence-corrected chi connectivity index (χ4v) is 2.41. The summed E-state index contributed by atoms with van der Waals surface area (Å²) in [6.07, 6.45) is 3.05. The predicted molar refractivity (Wildman–Crippen MR) is 73.0 cm³/mol. The number of anilines is 1. The molecule has 0 aliphatic carbocycles. The maximum atomic E-state index is 12.0. The highest BCUT2D eigenvalue weighted by Crippen LogP contribution is 2.24. The number of carboxylic acids is 1. The summed E-state index contributed by atoms with van der Waals surface area (Å²) in [7, 11) is 0. The first kappa shape index (κ1) is 14.2. The van der Waals surface area contributed by atoms with Gasteiger partial charge in [-0.25, -0.2) is 9.78 Å². The third kappa shape index (κ3) is 2.83. The van der Waals surface area contributed by atoms with Crippen LogP contribution in [0.3, 0.4) is 0 Å². The standard InChI is InChI=1S/C11H13N5O3S/c1-6-8(11(18)19)10(20-15-6)14-9(17)7-4-16(3-2-12)5-13-7/h4-5H,2-3,12H2,1H3,(H,14,17)(H,18,19). The third-order valence-electron chi connectivity index (χ3n) is 2.56. The number of rotatable bonds is 5. The van der Waals surface area contributed by atoms with E-state index in [9.17, 15) is 9.59 Å². The van der Waals surface area contributed by atoms with Crippen molar-refractivity contribution in [3.63, 3.8) is 0 Å². The number of carbonyl (C=O) groups excluding carboxylic acids is 1. The molecule has 2 heterocycles. The molecule has 0 saturated carbocycles. The first-order chi connectivity index (χ1) is 9.52. The van der Waals surface area contributed by atoms with E-state index in [1.54, 1.807) is 17.7 Å². The second kappa shape index (κ2) is 5.80. The molecule has 0 saturated heterocycles. The van der Waals surface area contributed by atoms with Crippen molar-refractivity contribution in [2.45, 2.75) is 13.5 Å². The van der Waals surface area contributed by atoms with Crippen molar-refractivity contribution in [3.8, 4) is 0 Å². The van der Waals surface area contributed by atoms with Crippen LogP contribution in [0.25, 0.3) is 0 Å². The Kier molecular flexibility index (Phi) is 4.11. The Morgan fingerprint density at radius 3 is 2.95 bits per heavy atom. The lowest BCUT2D eigenvalue weighted by atomic mass is 10.2. The number of nitrogens with zero attached hydrogens (tertiary/aromatic N) is 3. The average molecular weight is 295 g/mol. The van der Waals surface area contributed by atoms with Crippen LogP contribution in [-0.2, 0) is 6.54 Å². The highest BCUT2D eigenvalue weighted by Gasteiger charge is 2.20. The molecule has 0 aliphatic rings. The minimum absolute atomic E-state index is 0.00439. The van der Waals surface area contributed by atoms with Crippen molar-refractivity contribution in [1.29, 1.82) is 0 Å². The number of carbonyl (C=O) groups is 2. The van der Waals surface area contributed by atoms with Crippen LogP contribution < -0.4 is 11.1 Å². The lowest BCUT2D eigenvalue weighted by Gasteiger charge is -2.01. The Bertz CT molecular complexity index is 648. The summed E-state index contributed by atoms with van der Waals surface area (Å²) in [6.45, 7) is 2.57. The Morgan fingerprint density at radius 2 is 2.30 bits per heavy atom. The molecule has 106 valence electrons. The molecular weight excluding hydrogens is 282 g/mol. The van der Waals surface area contributed by atoms with Gasteiger partial charge in [-0.2, -0.15) is 4.37 Å². The number of nitrogens with one attached hydrogen (secondary N) is 1. The fourth-order valence-electron chi connectivity index (χ4n) is 1.62. The summed E-state index contributed by atoms with van der Waals surface area (Å²) in [5.74, 6) is -1.60. The van der Waals surface area contributed by atoms with E-state index in [1.807, 2.05) is 0 Å². The van der Waals surface area contributed by atoms with Gasteiger partial charge in [-0.3, -0.25) is 4.79 Å². The van der Waals surface area contributed by atoms with Gasteiger partial charge in [0.15, 0.2) is 0 Å². The van der Waals surface area contributed by atoms with Gasteiger partial charge in [0.2, 0.25) is 0 Å². The molecule has 4 N–H and O–H groups in total. The van der Waals surface area contributed by atoms with Crippen LogP contribution in [-0.4, -0.2) is 37.5 Å². The summed E-state index contributed by atoms with van der Waals surface area (Å²) in [6, 6.07) is 0. The highest BCUT2D eigenvalue weighted by atomic mass is 32.1. The first-order valence-corrected chi connectivity index (χ1v) is 6.53. The monoisotopic (exact) mass is 295 g/mol. The highest BCUT2D eigenvalue weighted by molar-refractivity contribution is 7.11. The number of aromatic carboxylic acids is 1. The summed E-state index contributed by atoms with van der Waals surface area (Å²) >= 11 is 0.927. The molecular formula is C11H13N5O3S. The molecule has 2 aromatic heterocycles. The molecule has 2 rings (SSSR count). The smallest absolute Gasteiger partial charge is 0.340 e. The van der Waals surface area contributed by atoms with Crippen LogP contribution >= 0.6 is 11.5 Å². The zero-order chi connectivity index (χ0) is 14.7. The number of imidazole rings is 1. The zero-order valence-corrected chi connectivity index (χ0v) is 11.5. The van der Waals surface area contributed by atoms with Gasteiger partial charge in [-0.15, -0.1) is 0 Å². The van der Waals surface area contributed by atoms with Gasteiger partial charge in [0.25, 0.3) is 5.91 Å². The van der Waals surface area contributed by atoms with Gasteiger partial charge in [-0.1, -0.05) is 0 Å². The molecule has 0 unspecified atom stereocenters. The van der Waals surface area contributed by atoms with E-state index in [0.717, 1.165) is 11.5 Å². The molecule has 9 heteroatoms. The Balaban J connectivity index is 2.17. The fraction of sp³-hybridized carbons (Fsp3) is 0.273. The Labute approximate surface area is 118 Å². The zero-order valence-electron chi connectivity index (χ0n) is 10.7. The molecule has 0 bridgehead atoms. The van der Waals surface area contributed by atoms with Crippen LogP contribution in [0.1, 0.15) is 26.5 Å². The van der Waals surface area contributed by atoms with E-state index in [1.165, 1.54) is 6.33 Å². The van der Waals surface area contributed by atoms with Crippen molar-refractivity contribution < 1.29 is 14.7 Å². The maximum absolute atomic E-state index is 12.0. The van der Waals surface area contributed by atoms with Crippen molar-refractivity contribution in [2.75, 3.05) is 11.9 Å². The van der Waals surface area contributed by atoms with E-state index in [0.29, 0.717) is 18.8 Å². The Morgan fingerprint density at radius 1 is 1.55 bits per heavy atom. The molecule has 1 amide bonds. The quantitative estimate of drug-likeness (QED) is 0.740. The molecule has 2 aromatic rings. The van der Waals surface area contributed by atoms with E-state index >= 15 is 0 Å². The van der Waals surface area contributed by atoms with Gasteiger partial charge < -0.3 is 20.7 Å². The molecule has 0 fully saturated rings. The lowest BCUT2D eigenvalue weighted by Crippen LogP contribution is -2.14. The van der Waals surface area contributed by atoms with Crippen LogP contribution in [0, 0.1) is 6.92 Å². The summed E-state index contributed by atoms with van der Waals surface area (Å²) in [4.78, 5) is 27.0. The van der Waals surface area contributed by atoms with Crippen LogP contribution in [0.2, 0.25) is 0 Å². The van der Waals surface area contributed by atoms with Gasteiger partial charge in [-0.05, 0) is 18.5 Å². The van der Waals surface area contributed by atoms with Crippen molar-refractivity contribution in [2.24, 2.45) is 5.73 Å². The van der Waals surface area contributed by atoms with Crippen molar-refractivity contribution in [1.82, 2.24) is 13.9 Å². The topological polar surface area (TPSA) is 123 Å². The molecule has 0 spiro atoms. The summed E-state index contributed by atoms with van der Waals surface area (Å²) < 4.78 is 5.61. The molecule has 0 atom stereocenters. The number of amides is 1. The predicted octanol–water partition coefficient (Wildman–Crippen LogP) is 0.557. The number of carboxylic acid groups (broad SMARTS) is 1. The Hall–Kier alpha value is -2.26. The number of aromatic nitrogens is 3. The minimum atomic E-state index is -1.12. The van der Waals surface area contributed by atoms with Gasteiger partial charge in [0.05, 0.1) is 12.0 Å². The second-order valence-electron chi connectivity index (χ2n) is 4.02. The number of aryl methyl sites for hydroxylation is 1. The minimum Gasteiger partial charge on any atom is -0.478 e. The lowest BCUT2D eigenvalue weighted by molar-refractivity contribution is 0.0697. The SMILES string of the molecule is Cc1nsc(NC(=O)c2cn(CCN)cn2)c1C(=O)O. The van der Waals surface area contributed by atoms with Crippen LogP contribution in [0.15, 0.2) is 12.5 Å². The molecule has 20 heavy (non-hydrogen) atoms. The molecule has 0 aromatic carbocycles. The summed E-state index contributed by atoms with van der Waals surface area (Å²) in [5, 5.41) is 11.8.